The zero-order chi connectivity index (χ0) is 15.8. The molecule has 1 aromatic rings. The molecule has 0 fully saturated rings. The molecule has 1 aromatic carbocycles. The predicted octanol–water partition coefficient (Wildman–Crippen LogP) is 3.93. The summed E-state index contributed by atoms with van der Waals surface area (Å²) >= 11 is 0. The zero-order valence-corrected chi connectivity index (χ0v) is 12.8. The van der Waals surface area contributed by atoms with E-state index in [1.54, 1.807) is 6.07 Å². The van der Waals surface area contributed by atoms with E-state index >= 15 is 0 Å². The van der Waals surface area contributed by atoms with Crippen LogP contribution in [0.2, 0.25) is 0 Å². The van der Waals surface area contributed by atoms with Crippen LogP contribution in [0.4, 0.5) is 0 Å². The maximum atomic E-state index is 12.5. The van der Waals surface area contributed by atoms with Crippen molar-refractivity contribution in [1.82, 2.24) is 4.90 Å². The summed E-state index contributed by atoms with van der Waals surface area (Å²) < 4.78 is 0. The van der Waals surface area contributed by atoms with E-state index in [4.69, 9.17) is 0 Å². The van der Waals surface area contributed by atoms with Gasteiger partial charge in [-0.25, -0.2) is 0 Å². The Morgan fingerprint density at radius 3 is 2.29 bits per heavy atom. The third kappa shape index (κ3) is 2.56. The Morgan fingerprint density at radius 2 is 1.76 bits per heavy atom. The summed E-state index contributed by atoms with van der Waals surface area (Å²) in [6.45, 7) is 13.2. The van der Waals surface area contributed by atoms with Crippen molar-refractivity contribution < 1.29 is 9.59 Å². The molecule has 0 aromatic heterocycles. The van der Waals surface area contributed by atoms with Crippen LogP contribution in [0.5, 0.6) is 0 Å². The lowest BCUT2D eigenvalue weighted by Crippen LogP contribution is -2.45. The van der Waals surface area contributed by atoms with Crippen LogP contribution >= 0.6 is 0 Å². The third-order valence-electron chi connectivity index (χ3n) is 3.71. The Labute approximate surface area is 126 Å². The van der Waals surface area contributed by atoms with Crippen molar-refractivity contribution in [3.05, 3.63) is 60.2 Å². The average molecular weight is 283 g/mol. The van der Waals surface area contributed by atoms with E-state index < -0.39 is 5.54 Å². The number of benzene rings is 1. The summed E-state index contributed by atoms with van der Waals surface area (Å²) in [5, 5.41) is 0. The molecule has 0 radical (unpaired) electrons. The summed E-state index contributed by atoms with van der Waals surface area (Å²) in [6.07, 6.45) is 4.42. The number of allylic oxidation sites excluding steroid dienone is 2. The molecule has 0 saturated heterocycles. The summed E-state index contributed by atoms with van der Waals surface area (Å²) in [5.74, 6) is -0.321. The normalized spacial score (nSPS) is 15.9. The van der Waals surface area contributed by atoms with Crippen LogP contribution in [0.25, 0.3) is 0 Å². The van der Waals surface area contributed by atoms with Crippen molar-refractivity contribution in [2.24, 2.45) is 0 Å². The second kappa shape index (κ2) is 5.32. The number of hydrogen-bond donors (Lipinski definition) is 0. The molecule has 3 nitrogen and oxygen atoms in total. The molecule has 2 rings (SSSR count). The Morgan fingerprint density at radius 1 is 1.14 bits per heavy atom. The molecule has 0 saturated carbocycles. The molecule has 21 heavy (non-hydrogen) atoms. The number of carbonyl (C=O) groups is 2. The van der Waals surface area contributed by atoms with E-state index in [0.29, 0.717) is 11.1 Å². The fourth-order valence-electron chi connectivity index (χ4n) is 2.65. The van der Waals surface area contributed by atoms with E-state index in [0.717, 1.165) is 12.0 Å². The van der Waals surface area contributed by atoms with Gasteiger partial charge in [0.25, 0.3) is 11.8 Å². The van der Waals surface area contributed by atoms with E-state index in [1.165, 1.54) is 4.90 Å². The molecule has 110 valence electrons. The van der Waals surface area contributed by atoms with Gasteiger partial charge in [0.1, 0.15) is 0 Å². The van der Waals surface area contributed by atoms with Gasteiger partial charge >= 0.3 is 0 Å². The van der Waals surface area contributed by atoms with E-state index in [1.807, 2.05) is 45.1 Å². The van der Waals surface area contributed by atoms with Gasteiger partial charge in [0.15, 0.2) is 0 Å². The number of imide groups is 1. The zero-order valence-electron chi connectivity index (χ0n) is 12.8. The molecule has 1 unspecified atom stereocenters. The fraction of sp³-hybridized carbons (Fsp3) is 0.333. The maximum absolute atomic E-state index is 12.5. The van der Waals surface area contributed by atoms with Gasteiger partial charge in [-0.3, -0.25) is 14.5 Å². The average Bonchev–Trinajstić information content (AvgIpc) is 2.67. The SMILES string of the molecule is C=CCC(C=C)c1ccc2c(c1)C(=O)N(C(C)(C)C)C2=O. The molecule has 0 bridgehead atoms. The highest BCUT2D eigenvalue weighted by Gasteiger charge is 2.41. The van der Waals surface area contributed by atoms with Gasteiger partial charge in [-0.1, -0.05) is 18.2 Å². The molecule has 1 atom stereocenters. The first kappa shape index (κ1) is 15.2. The Hall–Kier alpha value is -2.16. The van der Waals surface area contributed by atoms with E-state index in [2.05, 4.69) is 13.2 Å². The van der Waals surface area contributed by atoms with Gasteiger partial charge in [0.2, 0.25) is 0 Å². The van der Waals surface area contributed by atoms with Gasteiger partial charge < -0.3 is 0 Å². The van der Waals surface area contributed by atoms with Crippen molar-refractivity contribution in [1.29, 1.82) is 0 Å². The lowest BCUT2D eigenvalue weighted by atomic mass is 9.93. The molecule has 2 amide bonds. The van der Waals surface area contributed by atoms with Gasteiger partial charge in [0, 0.05) is 11.5 Å². The number of carbonyl (C=O) groups excluding carboxylic acids is 2. The highest BCUT2D eigenvalue weighted by Crippen LogP contribution is 2.32. The fourth-order valence-corrected chi connectivity index (χ4v) is 2.65. The van der Waals surface area contributed by atoms with Crippen molar-refractivity contribution in [2.45, 2.75) is 38.6 Å². The summed E-state index contributed by atoms with van der Waals surface area (Å²) in [7, 11) is 0. The molecule has 0 N–H and O–H groups in total. The Kier molecular flexibility index (Phi) is 3.86. The molecule has 3 heteroatoms. The largest absolute Gasteiger partial charge is 0.269 e. The molecule has 1 aliphatic rings. The summed E-state index contributed by atoms with van der Waals surface area (Å²) in [6, 6.07) is 5.46. The summed E-state index contributed by atoms with van der Waals surface area (Å²) in [4.78, 5) is 26.3. The number of hydrogen-bond acceptors (Lipinski definition) is 2. The quantitative estimate of drug-likeness (QED) is 0.620. The lowest BCUT2D eigenvalue weighted by Gasteiger charge is -2.29. The van der Waals surface area contributed by atoms with Crippen LogP contribution in [0.15, 0.2) is 43.5 Å². The second-order valence-electron chi connectivity index (χ2n) is 6.29. The molecule has 1 heterocycles. The van der Waals surface area contributed by atoms with Crippen molar-refractivity contribution >= 4 is 11.8 Å². The molecule has 0 spiro atoms. The van der Waals surface area contributed by atoms with Crippen LogP contribution < -0.4 is 0 Å². The van der Waals surface area contributed by atoms with E-state index in [9.17, 15) is 9.59 Å². The minimum Gasteiger partial charge on any atom is -0.269 e. The monoisotopic (exact) mass is 283 g/mol. The highest BCUT2D eigenvalue weighted by molar-refractivity contribution is 6.21. The van der Waals surface area contributed by atoms with E-state index in [-0.39, 0.29) is 17.7 Å². The predicted molar refractivity (Wildman–Crippen MR) is 84.4 cm³/mol. The highest BCUT2D eigenvalue weighted by atomic mass is 16.2. The maximum Gasteiger partial charge on any atom is 0.262 e. The first-order chi connectivity index (χ1) is 9.81. The lowest BCUT2D eigenvalue weighted by molar-refractivity contribution is 0.0508. The minimum absolute atomic E-state index is 0.111. The minimum atomic E-state index is -0.522. The first-order valence-electron chi connectivity index (χ1n) is 7.07. The van der Waals surface area contributed by atoms with Gasteiger partial charge in [-0.2, -0.15) is 0 Å². The van der Waals surface area contributed by atoms with Crippen LogP contribution in [-0.4, -0.2) is 22.3 Å². The Balaban J connectivity index is 2.47. The molecular formula is C18H21NO2. The van der Waals surface area contributed by atoms with Gasteiger partial charge in [-0.15, -0.1) is 13.2 Å². The molecular weight excluding hydrogens is 262 g/mol. The van der Waals surface area contributed by atoms with Crippen LogP contribution in [0.3, 0.4) is 0 Å². The number of fused-ring (bicyclic) bond motifs is 1. The standard InChI is InChI=1S/C18H21NO2/c1-6-8-12(7-2)13-9-10-14-15(11-13)17(21)19(16(14)20)18(3,4)5/h6-7,9-12H,1-2,8H2,3-5H3. The van der Waals surface area contributed by atoms with Crippen LogP contribution in [0.1, 0.15) is 59.4 Å². The summed E-state index contributed by atoms with van der Waals surface area (Å²) in [5.41, 5.74) is 1.44. The Bertz CT molecular complexity index is 623. The number of rotatable bonds is 4. The van der Waals surface area contributed by atoms with Gasteiger partial charge in [-0.05, 0) is 44.9 Å². The van der Waals surface area contributed by atoms with Gasteiger partial charge in [0.05, 0.1) is 11.1 Å². The molecule has 1 aliphatic heterocycles. The third-order valence-corrected chi connectivity index (χ3v) is 3.71. The number of amides is 2. The second-order valence-corrected chi connectivity index (χ2v) is 6.29. The van der Waals surface area contributed by atoms with Crippen LogP contribution in [-0.2, 0) is 0 Å². The smallest absolute Gasteiger partial charge is 0.262 e. The van der Waals surface area contributed by atoms with Crippen molar-refractivity contribution in [3.63, 3.8) is 0 Å². The number of nitrogens with zero attached hydrogens (tertiary/aromatic N) is 1. The topological polar surface area (TPSA) is 37.4 Å². The van der Waals surface area contributed by atoms with Crippen LogP contribution in [0, 0.1) is 0 Å². The van der Waals surface area contributed by atoms with Crippen molar-refractivity contribution in [3.8, 4) is 0 Å². The first-order valence-corrected chi connectivity index (χ1v) is 7.07. The van der Waals surface area contributed by atoms with Crippen molar-refractivity contribution in [2.75, 3.05) is 0 Å². The molecule has 0 aliphatic carbocycles.